The molecule has 0 radical (unpaired) electrons. The van der Waals surface area contributed by atoms with Crippen LogP contribution in [-0.2, 0) is 4.74 Å². The molecular formula is C17H24ClNO2. The second-order valence-electron chi connectivity index (χ2n) is 6.27. The van der Waals surface area contributed by atoms with Crippen LogP contribution in [0.2, 0.25) is 5.02 Å². The van der Waals surface area contributed by atoms with Crippen LogP contribution in [0.15, 0.2) is 24.3 Å². The summed E-state index contributed by atoms with van der Waals surface area (Å²) < 4.78 is 5.71. The molecule has 2 aliphatic rings. The van der Waals surface area contributed by atoms with E-state index in [4.69, 9.17) is 16.3 Å². The van der Waals surface area contributed by atoms with Gasteiger partial charge in [-0.1, -0.05) is 23.7 Å². The lowest BCUT2D eigenvalue weighted by Gasteiger charge is -2.35. The van der Waals surface area contributed by atoms with Gasteiger partial charge >= 0.3 is 0 Å². The number of hydrogen-bond donors (Lipinski definition) is 1. The first kappa shape index (κ1) is 15.3. The second-order valence-corrected chi connectivity index (χ2v) is 6.71. The van der Waals surface area contributed by atoms with Crippen LogP contribution in [0.4, 0.5) is 0 Å². The minimum atomic E-state index is -0.368. The van der Waals surface area contributed by atoms with E-state index in [9.17, 15) is 5.11 Å². The average Bonchev–Trinajstić information content (AvgIpc) is 3.01. The minimum Gasteiger partial charge on any atom is -0.388 e. The number of piperidine rings is 1. The van der Waals surface area contributed by atoms with Crippen LogP contribution in [-0.4, -0.2) is 42.4 Å². The summed E-state index contributed by atoms with van der Waals surface area (Å²) >= 11 is 5.90. The third-order valence-electron chi connectivity index (χ3n) is 4.78. The summed E-state index contributed by atoms with van der Waals surface area (Å²) in [5.41, 5.74) is 0.983. The van der Waals surface area contributed by atoms with Crippen LogP contribution < -0.4 is 0 Å². The molecule has 0 amide bonds. The first-order valence-electron chi connectivity index (χ1n) is 8.00. The molecule has 116 valence electrons. The molecule has 0 aliphatic carbocycles. The van der Waals surface area contributed by atoms with E-state index in [1.54, 1.807) is 0 Å². The number of aliphatic hydroxyl groups excluding tert-OH is 1. The summed E-state index contributed by atoms with van der Waals surface area (Å²) in [6, 6.07) is 7.58. The SMILES string of the molecule is OC(c1ccc(Cl)cc1)C1CCN(CC2CCCO2)CC1. The van der Waals surface area contributed by atoms with E-state index < -0.39 is 0 Å². The van der Waals surface area contributed by atoms with Crippen molar-refractivity contribution in [3.05, 3.63) is 34.9 Å². The molecule has 0 saturated carbocycles. The lowest BCUT2D eigenvalue weighted by Crippen LogP contribution is -2.39. The van der Waals surface area contributed by atoms with E-state index in [0.717, 1.165) is 49.7 Å². The molecule has 3 nitrogen and oxygen atoms in total. The molecule has 2 heterocycles. The van der Waals surface area contributed by atoms with Crippen molar-refractivity contribution >= 4 is 11.6 Å². The predicted octanol–water partition coefficient (Wildman–Crippen LogP) is 3.26. The van der Waals surface area contributed by atoms with E-state index in [0.29, 0.717) is 12.0 Å². The molecule has 3 rings (SSSR count). The molecule has 2 aliphatic heterocycles. The zero-order valence-electron chi connectivity index (χ0n) is 12.4. The van der Waals surface area contributed by atoms with Gasteiger partial charge in [-0.3, -0.25) is 0 Å². The molecule has 2 atom stereocenters. The highest BCUT2D eigenvalue weighted by Crippen LogP contribution is 2.31. The molecule has 2 unspecified atom stereocenters. The van der Waals surface area contributed by atoms with Crippen LogP contribution in [0.5, 0.6) is 0 Å². The maximum absolute atomic E-state index is 10.5. The molecular weight excluding hydrogens is 286 g/mol. The van der Waals surface area contributed by atoms with Gasteiger partial charge in [-0.2, -0.15) is 0 Å². The lowest BCUT2D eigenvalue weighted by atomic mass is 9.87. The van der Waals surface area contributed by atoms with Crippen molar-refractivity contribution < 1.29 is 9.84 Å². The zero-order chi connectivity index (χ0) is 14.7. The van der Waals surface area contributed by atoms with Gasteiger partial charge in [0.15, 0.2) is 0 Å². The Labute approximate surface area is 131 Å². The number of likely N-dealkylation sites (tertiary alicyclic amines) is 1. The Morgan fingerprint density at radius 3 is 2.52 bits per heavy atom. The number of hydrogen-bond acceptors (Lipinski definition) is 3. The fourth-order valence-electron chi connectivity index (χ4n) is 3.46. The highest BCUT2D eigenvalue weighted by molar-refractivity contribution is 6.30. The van der Waals surface area contributed by atoms with E-state index in [1.165, 1.54) is 12.8 Å². The molecule has 2 fully saturated rings. The fourth-order valence-corrected chi connectivity index (χ4v) is 3.59. The van der Waals surface area contributed by atoms with Gasteiger partial charge in [0.2, 0.25) is 0 Å². The molecule has 2 saturated heterocycles. The maximum Gasteiger partial charge on any atom is 0.0819 e. The summed E-state index contributed by atoms with van der Waals surface area (Å²) in [4.78, 5) is 2.49. The van der Waals surface area contributed by atoms with Crippen LogP contribution in [0.25, 0.3) is 0 Å². The monoisotopic (exact) mass is 309 g/mol. The number of benzene rings is 1. The molecule has 1 aromatic carbocycles. The topological polar surface area (TPSA) is 32.7 Å². The Kier molecular flexibility index (Phi) is 5.17. The van der Waals surface area contributed by atoms with Crippen LogP contribution in [0.1, 0.15) is 37.4 Å². The van der Waals surface area contributed by atoms with Gasteiger partial charge in [-0.25, -0.2) is 0 Å². The molecule has 0 aromatic heterocycles. The largest absolute Gasteiger partial charge is 0.388 e. The molecule has 1 aromatic rings. The van der Waals surface area contributed by atoms with E-state index >= 15 is 0 Å². The van der Waals surface area contributed by atoms with Crippen molar-refractivity contribution in [1.29, 1.82) is 0 Å². The summed E-state index contributed by atoms with van der Waals surface area (Å²) in [6.45, 7) is 4.12. The van der Waals surface area contributed by atoms with Crippen LogP contribution in [0.3, 0.4) is 0 Å². The van der Waals surface area contributed by atoms with Gasteiger partial charge in [0.05, 0.1) is 12.2 Å². The van der Waals surface area contributed by atoms with Gasteiger partial charge in [0.25, 0.3) is 0 Å². The van der Waals surface area contributed by atoms with Crippen molar-refractivity contribution in [2.75, 3.05) is 26.2 Å². The summed E-state index contributed by atoms with van der Waals surface area (Å²) in [7, 11) is 0. The van der Waals surface area contributed by atoms with Crippen molar-refractivity contribution in [3.63, 3.8) is 0 Å². The van der Waals surface area contributed by atoms with Gasteiger partial charge in [-0.15, -0.1) is 0 Å². The first-order chi connectivity index (χ1) is 10.2. The predicted molar refractivity (Wildman–Crippen MR) is 84.5 cm³/mol. The number of aliphatic hydroxyl groups is 1. The van der Waals surface area contributed by atoms with Gasteiger partial charge in [0, 0.05) is 18.2 Å². The maximum atomic E-state index is 10.5. The third kappa shape index (κ3) is 3.98. The van der Waals surface area contributed by atoms with Crippen LogP contribution >= 0.6 is 11.6 Å². The highest BCUT2D eigenvalue weighted by Gasteiger charge is 2.28. The van der Waals surface area contributed by atoms with Crippen LogP contribution in [0, 0.1) is 5.92 Å². The Bertz CT molecular complexity index is 437. The number of ether oxygens (including phenoxy) is 1. The Balaban J connectivity index is 1.49. The smallest absolute Gasteiger partial charge is 0.0819 e. The van der Waals surface area contributed by atoms with Gasteiger partial charge in [0.1, 0.15) is 0 Å². The average molecular weight is 310 g/mol. The Hall–Kier alpha value is -0.610. The Morgan fingerprint density at radius 1 is 1.19 bits per heavy atom. The Morgan fingerprint density at radius 2 is 1.90 bits per heavy atom. The standard InChI is InChI=1S/C17H24ClNO2/c18-15-5-3-13(4-6-15)17(20)14-7-9-19(10-8-14)12-16-2-1-11-21-16/h3-6,14,16-17,20H,1-2,7-12H2. The van der Waals surface area contributed by atoms with Crippen molar-refractivity contribution in [2.45, 2.75) is 37.9 Å². The number of nitrogens with zero attached hydrogens (tertiary/aromatic N) is 1. The minimum absolute atomic E-state index is 0.354. The molecule has 0 bridgehead atoms. The van der Waals surface area contributed by atoms with Crippen molar-refractivity contribution in [3.8, 4) is 0 Å². The quantitative estimate of drug-likeness (QED) is 0.926. The van der Waals surface area contributed by atoms with E-state index in [2.05, 4.69) is 4.90 Å². The summed E-state index contributed by atoms with van der Waals surface area (Å²) in [6.07, 6.45) is 4.58. The number of halogens is 1. The summed E-state index contributed by atoms with van der Waals surface area (Å²) in [5, 5.41) is 11.2. The lowest BCUT2D eigenvalue weighted by molar-refractivity contribution is 0.0307. The van der Waals surface area contributed by atoms with Gasteiger partial charge < -0.3 is 14.7 Å². The number of rotatable bonds is 4. The molecule has 4 heteroatoms. The summed E-state index contributed by atoms with van der Waals surface area (Å²) in [5.74, 6) is 0.354. The first-order valence-corrected chi connectivity index (χ1v) is 8.37. The van der Waals surface area contributed by atoms with Crippen molar-refractivity contribution in [2.24, 2.45) is 5.92 Å². The van der Waals surface area contributed by atoms with E-state index in [-0.39, 0.29) is 6.10 Å². The molecule has 21 heavy (non-hydrogen) atoms. The fraction of sp³-hybridized carbons (Fsp3) is 0.647. The van der Waals surface area contributed by atoms with Crippen molar-refractivity contribution in [1.82, 2.24) is 4.90 Å². The van der Waals surface area contributed by atoms with E-state index in [1.807, 2.05) is 24.3 Å². The van der Waals surface area contributed by atoms with Gasteiger partial charge in [-0.05, 0) is 62.4 Å². The second kappa shape index (κ2) is 7.10. The highest BCUT2D eigenvalue weighted by atomic mass is 35.5. The molecule has 0 spiro atoms. The normalized spacial score (nSPS) is 26.1. The molecule has 1 N–H and O–H groups in total. The zero-order valence-corrected chi connectivity index (χ0v) is 13.1. The third-order valence-corrected chi connectivity index (χ3v) is 5.03.